The van der Waals surface area contributed by atoms with Crippen LogP contribution < -0.4 is 0 Å². The summed E-state index contributed by atoms with van der Waals surface area (Å²) in [5, 5.41) is 0. The van der Waals surface area contributed by atoms with Crippen LogP contribution in [-0.2, 0) is 4.74 Å². The molecule has 0 aromatic heterocycles. The van der Waals surface area contributed by atoms with Gasteiger partial charge in [-0.15, -0.1) is 0 Å². The van der Waals surface area contributed by atoms with Gasteiger partial charge in [0, 0.05) is 12.1 Å². The predicted molar refractivity (Wildman–Crippen MR) is 51.6 cm³/mol. The van der Waals surface area contributed by atoms with Crippen LogP contribution in [0.5, 0.6) is 0 Å². The largest absolute Gasteiger partial charge is 0.444 e. The fourth-order valence-electron chi connectivity index (χ4n) is 1.69. The van der Waals surface area contributed by atoms with Gasteiger partial charge < -0.3 is 9.64 Å². The van der Waals surface area contributed by atoms with Crippen molar-refractivity contribution in [1.29, 1.82) is 0 Å². The number of likely N-dealkylation sites (tertiary alicyclic amines) is 1. The molecule has 1 aliphatic heterocycles. The Morgan fingerprint density at radius 2 is 1.77 bits per heavy atom. The first-order chi connectivity index (χ1) is 5.81. The topological polar surface area (TPSA) is 29.5 Å². The van der Waals surface area contributed by atoms with Gasteiger partial charge in [0.15, 0.2) is 0 Å². The molecule has 0 bridgehead atoms. The van der Waals surface area contributed by atoms with E-state index in [1.54, 1.807) is 4.90 Å². The van der Waals surface area contributed by atoms with Gasteiger partial charge in [-0.1, -0.05) is 0 Å². The van der Waals surface area contributed by atoms with Crippen LogP contribution in [0.15, 0.2) is 0 Å². The number of nitrogens with zero attached hydrogens (tertiary/aromatic N) is 1. The summed E-state index contributed by atoms with van der Waals surface area (Å²) in [6.07, 6.45) is 0.901. The molecule has 1 amide bonds. The minimum Gasteiger partial charge on any atom is -0.444 e. The third-order valence-corrected chi connectivity index (χ3v) is 2.24. The fourth-order valence-corrected chi connectivity index (χ4v) is 1.69. The summed E-state index contributed by atoms with van der Waals surface area (Å²) >= 11 is 0. The number of rotatable bonds is 0. The SMILES string of the molecule is CC1C[C@@H](C)N1C(=O)OC(C)(C)C. The molecular weight excluding hydrogens is 166 g/mol. The quantitative estimate of drug-likeness (QED) is 0.580. The summed E-state index contributed by atoms with van der Waals surface area (Å²) in [6.45, 7) is 9.76. The van der Waals surface area contributed by atoms with Gasteiger partial charge >= 0.3 is 6.09 Å². The number of carbonyl (C=O) groups excluding carboxylic acids is 1. The first-order valence-corrected chi connectivity index (χ1v) is 4.82. The maximum Gasteiger partial charge on any atom is 0.410 e. The van der Waals surface area contributed by atoms with E-state index in [0.29, 0.717) is 12.1 Å². The molecule has 0 N–H and O–H groups in total. The highest BCUT2D eigenvalue weighted by atomic mass is 16.6. The highest BCUT2D eigenvalue weighted by Crippen LogP contribution is 2.26. The Balaban J connectivity index is 2.49. The molecule has 1 saturated heterocycles. The number of amides is 1. The Morgan fingerprint density at radius 3 is 2.08 bits per heavy atom. The van der Waals surface area contributed by atoms with E-state index in [4.69, 9.17) is 4.74 Å². The third kappa shape index (κ3) is 2.36. The lowest BCUT2D eigenvalue weighted by atomic mass is 9.97. The molecule has 0 radical (unpaired) electrons. The highest BCUT2D eigenvalue weighted by Gasteiger charge is 2.38. The van der Waals surface area contributed by atoms with Crippen LogP contribution >= 0.6 is 0 Å². The van der Waals surface area contributed by atoms with Crippen molar-refractivity contribution < 1.29 is 9.53 Å². The maximum absolute atomic E-state index is 11.6. The van der Waals surface area contributed by atoms with Gasteiger partial charge in [0.05, 0.1) is 0 Å². The minimum atomic E-state index is -0.383. The van der Waals surface area contributed by atoms with Crippen molar-refractivity contribution in [3.05, 3.63) is 0 Å². The zero-order chi connectivity index (χ0) is 10.2. The molecular formula is C10H19NO2. The van der Waals surface area contributed by atoms with E-state index in [2.05, 4.69) is 0 Å². The number of carbonyl (C=O) groups is 1. The molecule has 1 aliphatic rings. The van der Waals surface area contributed by atoms with Crippen LogP contribution in [0.1, 0.15) is 41.0 Å². The van der Waals surface area contributed by atoms with Gasteiger partial charge in [0.1, 0.15) is 5.60 Å². The molecule has 3 heteroatoms. The fraction of sp³-hybridized carbons (Fsp3) is 0.900. The van der Waals surface area contributed by atoms with E-state index in [-0.39, 0.29) is 11.7 Å². The molecule has 3 nitrogen and oxygen atoms in total. The first-order valence-electron chi connectivity index (χ1n) is 4.82. The second-order valence-corrected chi connectivity index (χ2v) is 4.82. The van der Waals surface area contributed by atoms with Gasteiger partial charge in [0.2, 0.25) is 0 Å². The van der Waals surface area contributed by atoms with Crippen molar-refractivity contribution in [2.45, 2.75) is 58.7 Å². The molecule has 0 saturated carbocycles. The third-order valence-electron chi connectivity index (χ3n) is 2.24. The Hall–Kier alpha value is -0.730. The summed E-state index contributed by atoms with van der Waals surface area (Å²) in [5.74, 6) is 0. The van der Waals surface area contributed by atoms with Crippen LogP contribution in [0.4, 0.5) is 4.79 Å². The molecule has 0 aliphatic carbocycles. The summed E-state index contributed by atoms with van der Waals surface area (Å²) in [6, 6.07) is 0.676. The minimum absolute atomic E-state index is 0.182. The van der Waals surface area contributed by atoms with Crippen LogP contribution in [-0.4, -0.2) is 28.7 Å². The molecule has 1 fully saturated rings. The van der Waals surface area contributed by atoms with Crippen LogP contribution in [0.25, 0.3) is 0 Å². The summed E-state index contributed by atoms with van der Waals surface area (Å²) in [4.78, 5) is 13.4. The van der Waals surface area contributed by atoms with Gasteiger partial charge in [0.25, 0.3) is 0 Å². The second kappa shape index (κ2) is 3.20. The molecule has 0 aromatic carbocycles. The summed E-state index contributed by atoms with van der Waals surface area (Å²) in [5.41, 5.74) is -0.383. The Labute approximate surface area is 80.1 Å². The molecule has 1 rings (SSSR count). The Bertz CT molecular complexity index is 199. The van der Waals surface area contributed by atoms with Crippen molar-refractivity contribution in [3.63, 3.8) is 0 Å². The summed E-state index contributed by atoms with van der Waals surface area (Å²) in [7, 11) is 0. The number of ether oxygens (including phenoxy) is 1. The van der Waals surface area contributed by atoms with E-state index < -0.39 is 0 Å². The van der Waals surface area contributed by atoms with E-state index in [9.17, 15) is 4.79 Å². The van der Waals surface area contributed by atoms with Crippen LogP contribution in [0, 0.1) is 0 Å². The lowest BCUT2D eigenvalue weighted by Crippen LogP contribution is -2.56. The zero-order valence-electron chi connectivity index (χ0n) is 9.13. The molecule has 0 aromatic rings. The van der Waals surface area contributed by atoms with Gasteiger partial charge in [-0.3, -0.25) is 0 Å². The average molecular weight is 185 g/mol. The van der Waals surface area contributed by atoms with Crippen molar-refractivity contribution in [1.82, 2.24) is 4.90 Å². The standard InChI is InChI=1S/C10H19NO2/c1-7-6-8(2)11(7)9(12)13-10(3,4)5/h7-8H,6H2,1-5H3/t7-,8?/m1/s1. The van der Waals surface area contributed by atoms with E-state index >= 15 is 0 Å². The van der Waals surface area contributed by atoms with E-state index in [1.807, 2.05) is 34.6 Å². The lowest BCUT2D eigenvalue weighted by molar-refractivity contribution is -0.0222. The zero-order valence-corrected chi connectivity index (χ0v) is 9.13. The maximum atomic E-state index is 11.6. The molecule has 0 spiro atoms. The smallest absolute Gasteiger partial charge is 0.410 e. The molecule has 76 valence electrons. The highest BCUT2D eigenvalue weighted by molar-refractivity contribution is 5.70. The molecule has 1 unspecified atom stereocenters. The average Bonchev–Trinajstić information content (AvgIpc) is 1.80. The van der Waals surface area contributed by atoms with Gasteiger partial charge in [-0.05, 0) is 41.0 Å². The van der Waals surface area contributed by atoms with Crippen LogP contribution in [0.3, 0.4) is 0 Å². The Morgan fingerprint density at radius 1 is 1.31 bits per heavy atom. The Kier molecular flexibility index (Phi) is 2.55. The van der Waals surface area contributed by atoms with Crippen molar-refractivity contribution in [2.24, 2.45) is 0 Å². The molecule has 2 atom stereocenters. The predicted octanol–water partition coefficient (Wildman–Crippen LogP) is 2.40. The lowest BCUT2D eigenvalue weighted by Gasteiger charge is -2.45. The first kappa shape index (κ1) is 10.4. The molecule has 1 heterocycles. The molecule has 13 heavy (non-hydrogen) atoms. The number of hydrogen-bond acceptors (Lipinski definition) is 2. The van der Waals surface area contributed by atoms with Gasteiger partial charge in [-0.2, -0.15) is 0 Å². The summed E-state index contributed by atoms with van der Waals surface area (Å²) < 4.78 is 5.27. The normalized spacial score (nSPS) is 28.2. The van der Waals surface area contributed by atoms with Gasteiger partial charge in [-0.25, -0.2) is 4.79 Å². The number of hydrogen-bond donors (Lipinski definition) is 0. The van der Waals surface area contributed by atoms with Crippen LogP contribution in [0.2, 0.25) is 0 Å². The van der Waals surface area contributed by atoms with Crippen molar-refractivity contribution >= 4 is 6.09 Å². The van der Waals surface area contributed by atoms with E-state index in [1.165, 1.54) is 0 Å². The van der Waals surface area contributed by atoms with Crippen molar-refractivity contribution in [2.75, 3.05) is 0 Å². The van der Waals surface area contributed by atoms with E-state index in [0.717, 1.165) is 6.42 Å². The second-order valence-electron chi connectivity index (χ2n) is 4.82. The van der Waals surface area contributed by atoms with Crippen molar-refractivity contribution in [3.8, 4) is 0 Å². The monoisotopic (exact) mass is 185 g/mol.